The Labute approximate surface area is 105 Å². The molecule has 0 amide bonds. The Bertz CT molecular complexity index is 231. The second kappa shape index (κ2) is 8.34. The molecule has 0 spiro atoms. The van der Waals surface area contributed by atoms with Gasteiger partial charge in [0, 0.05) is 20.2 Å². The van der Waals surface area contributed by atoms with Gasteiger partial charge >= 0.3 is 0 Å². The number of rotatable bonds is 8. The first-order valence-corrected chi connectivity index (χ1v) is 6.76. The Balaban J connectivity index is 2.52. The van der Waals surface area contributed by atoms with E-state index in [1.54, 1.807) is 7.11 Å². The van der Waals surface area contributed by atoms with Gasteiger partial charge in [0.2, 0.25) is 0 Å². The summed E-state index contributed by atoms with van der Waals surface area (Å²) in [6.07, 6.45) is 4.67. The van der Waals surface area contributed by atoms with Crippen molar-refractivity contribution >= 4 is 6.02 Å². The predicted molar refractivity (Wildman–Crippen MR) is 70.4 cm³/mol. The number of methoxy groups -OCH3 is 1. The van der Waals surface area contributed by atoms with Crippen LogP contribution < -0.4 is 0 Å². The van der Waals surface area contributed by atoms with Gasteiger partial charge in [0.05, 0.1) is 12.6 Å². The Hall–Kier alpha value is -0.770. The molecule has 0 saturated carbocycles. The van der Waals surface area contributed by atoms with Gasteiger partial charge in [0.1, 0.15) is 6.61 Å². The van der Waals surface area contributed by atoms with Crippen LogP contribution in [0.5, 0.6) is 0 Å². The molecule has 1 rings (SSSR count). The summed E-state index contributed by atoms with van der Waals surface area (Å²) in [6.45, 7) is 7.71. The van der Waals surface area contributed by atoms with E-state index in [0.717, 1.165) is 32.1 Å². The van der Waals surface area contributed by atoms with Gasteiger partial charge in [-0.15, -0.1) is 0 Å². The molecule has 4 nitrogen and oxygen atoms in total. The van der Waals surface area contributed by atoms with Gasteiger partial charge < -0.3 is 14.4 Å². The molecule has 0 radical (unpaired) electrons. The van der Waals surface area contributed by atoms with Gasteiger partial charge in [-0.25, -0.2) is 4.99 Å². The zero-order valence-electron chi connectivity index (χ0n) is 11.4. The van der Waals surface area contributed by atoms with Crippen LogP contribution in [0.25, 0.3) is 0 Å². The van der Waals surface area contributed by atoms with E-state index in [1.165, 1.54) is 19.3 Å². The topological polar surface area (TPSA) is 34.1 Å². The number of ether oxygens (including phenoxy) is 2. The summed E-state index contributed by atoms with van der Waals surface area (Å²) < 4.78 is 10.9. The quantitative estimate of drug-likeness (QED) is 0.612. The molecule has 0 N–H and O–H groups in total. The second-order valence-electron chi connectivity index (χ2n) is 4.48. The molecule has 100 valence electrons. The Morgan fingerprint density at radius 3 is 2.76 bits per heavy atom. The fourth-order valence-corrected chi connectivity index (χ4v) is 1.91. The van der Waals surface area contributed by atoms with E-state index in [0.29, 0.717) is 12.6 Å². The highest BCUT2D eigenvalue weighted by molar-refractivity contribution is 5.76. The van der Waals surface area contributed by atoms with Crippen molar-refractivity contribution < 1.29 is 9.47 Å². The lowest BCUT2D eigenvalue weighted by atomic mass is 10.2. The lowest BCUT2D eigenvalue weighted by Crippen LogP contribution is -2.38. The molecule has 0 aromatic heterocycles. The third-order valence-electron chi connectivity index (χ3n) is 2.96. The minimum absolute atomic E-state index is 0.340. The molecular weight excluding hydrogens is 216 g/mol. The van der Waals surface area contributed by atoms with E-state index in [2.05, 4.69) is 23.7 Å². The summed E-state index contributed by atoms with van der Waals surface area (Å²) in [5, 5.41) is 0. The average molecular weight is 242 g/mol. The van der Waals surface area contributed by atoms with Gasteiger partial charge in [-0.1, -0.05) is 26.7 Å². The van der Waals surface area contributed by atoms with Crippen molar-refractivity contribution in [3.63, 3.8) is 0 Å². The van der Waals surface area contributed by atoms with Crippen molar-refractivity contribution in [2.45, 2.75) is 45.6 Å². The fourth-order valence-electron chi connectivity index (χ4n) is 1.91. The third-order valence-corrected chi connectivity index (χ3v) is 2.96. The molecule has 1 saturated heterocycles. The minimum atomic E-state index is 0.340. The minimum Gasteiger partial charge on any atom is -0.463 e. The first kappa shape index (κ1) is 14.3. The average Bonchev–Trinajstić information content (AvgIpc) is 2.70. The van der Waals surface area contributed by atoms with Crippen LogP contribution in [-0.4, -0.2) is 50.4 Å². The van der Waals surface area contributed by atoms with Gasteiger partial charge in [-0.2, -0.15) is 0 Å². The van der Waals surface area contributed by atoms with E-state index in [1.807, 2.05) is 0 Å². The maximum Gasteiger partial charge on any atom is 0.287 e. The van der Waals surface area contributed by atoms with Crippen LogP contribution in [0.15, 0.2) is 4.99 Å². The fraction of sp³-hybridized carbons (Fsp3) is 0.923. The van der Waals surface area contributed by atoms with Gasteiger partial charge in [0.25, 0.3) is 6.02 Å². The summed E-state index contributed by atoms with van der Waals surface area (Å²) in [5.41, 5.74) is 0. The van der Waals surface area contributed by atoms with Gasteiger partial charge in [-0.05, 0) is 12.8 Å². The van der Waals surface area contributed by atoms with E-state index in [-0.39, 0.29) is 0 Å². The van der Waals surface area contributed by atoms with Crippen LogP contribution in [0.2, 0.25) is 0 Å². The molecule has 4 heteroatoms. The Morgan fingerprint density at radius 2 is 2.12 bits per heavy atom. The monoisotopic (exact) mass is 242 g/mol. The number of unbranched alkanes of at least 4 members (excludes halogenated alkanes) is 2. The van der Waals surface area contributed by atoms with Crippen molar-refractivity contribution in [3.05, 3.63) is 0 Å². The third kappa shape index (κ3) is 4.54. The van der Waals surface area contributed by atoms with Gasteiger partial charge in [0.15, 0.2) is 0 Å². The molecule has 1 heterocycles. The van der Waals surface area contributed by atoms with Crippen LogP contribution in [-0.2, 0) is 9.47 Å². The summed E-state index contributed by atoms with van der Waals surface area (Å²) in [6, 6.07) is 1.17. The molecule has 0 bridgehead atoms. The van der Waals surface area contributed by atoms with Crippen LogP contribution in [0.3, 0.4) is 0 Å². The van der Waals surface area contributed by atoms with Crippen molar-refractivity contribution in [1.82, 2.24) is 4.90 Å². The predicted octanol–water partition coefficient (Wildman–Crippen LogP) is 2.29. The maximum absolute atomic E-state index is 5.67. The number of hydrogen-bond acceptors (Lipinski definition) is 3. The molecule has 1 unspecified atom stereocenters. The van der Waals surface area contributed by atoms with Crippen molar-refractivity contribution in [3.8, 4) is 0 Å². The van der Waals surface area contributed by atoms with Crippen LogP contribution in [0.1, 0.15) is 39.5 Å². The first-order chi connectivity index (χ1) is 8.33. The molecular formula is C13H26N2O2. The molecule has 1 aliphatic rings. The highest BCUT2D eigenvalue weighted by atomic mass is 16.5. The van der Waals surface area contributed by atoms with E-state index < -0.39 is 0 Å². The second-order valence-corrected chi connectivity index (χ2v) is 4.48. The zero-order valence-corrected chi connectivity index (χ0v) is 11.4. The summed E-state index contributed by atoms with van der Waals surface area (Å²) in [4.78, 5) is 6.81. The summed E-state index contributed by atoms with van der Waals surface area (Å²) in [7, 11) is 1.74. The van der Waals surface area contributed by atoms with Crippen LogP contribution in [0, 0.1) is 0 Å². The van der Waals surface area contributed by atoms with Crippen molar-refractivity contribution in [2.75, 3.05) is 33.4 Å². The molecule has 1 atom stereocenters. The van der Waals surface area contributed by atoms with Gasteiger partial charge in [-0.3, -0.25) is 0 Å². The normalized spacial score (nSPS) is 22.2. The highest BCUT2D eigenvalue weighted by Crippen LogP contribution is 2.14. The Morgan fingerprint density at radius 1 is 1.35 bits per heavy atom. The molecule has 1 fully saturated rings. The lowest BCUT2D eigenvalue weighted by Gasteiger charge is -2.22. The molecule has 0 aliphatic carbocycles. The smallest absolute Gasteiger partial charge is 0.287 e. The SMILES string of the molecule is CCCCN=C1OCC(COC)N1CCCC. The standard InChI is InChI=1S/C13H26N2O2/c1-4-6-8-14-13-15(9-7-5-2)12(10-16-3)11-17-13/h12H,4-11H2,1-3H3. The Kier molecular flexibility index (Phi) is 7.01. The number of nitrogens with zero attached hydrogens (tertiary/aromatic N) is 2. The number of amidine groups is 1. The van der Waals surface area contributed by atoms with Crippen LogP contribution >= 0.6 is 0 Å². The number of aliphatic imine (C=N–C) groups is 1. The zero-order chi connectivity index (χ0) is 12.5. The van der Waals surface area contributed by atoms with Crippen LogP contribution in [0.4, 0.5) is 0 Å². The van der Waals surface area contributed by atoms with E-state index in [9.17, 15) is 0 Å². The molecule has 0 aromatic carbocycles. The van der Waals surface area contributed by atoms with E-state index in [4.69, 9.17) is 9.47 Å². The molecule has 0 aromatic rings. The first-order valence-electron chi connectivity index (χ1n) is 6.76. The van der Waals surface area contributed by atoms with Crippen molar-refractivity contribution in [2.24, 2.45) is 4.99 Å². The summed E-state index contributed by atoms with van der Waals surface area (Å²) in [5.74, 6) is 0. The van der Waals surface area contributed by atoms with E-state index >= 15 is 0 Å². The molecule has 1 aliphatic heterocycles. The van der Waals surface area contributed by atoms with Crippen molar-refractivity contribution in [1.29, 1.82) is 0 Å². The number of hydrogen-bond donors (Lipinski definition) is 0. The maximum atomic E-state index is 5.67. The largest absolute Gasteiger partial charge is 0.463 e. The summed E-state index contributed by atoms with van der Waals surface area (Å²) >= 11 is 0. The highest BCUT2D eigenvalue weighted by Gasteiger charge is 2.30. The molecule has 17 heavy (non-hydrogen) atoms. The lowest BCUT2D eigenvalue weighted by molar-refractivity contribution is 0.131.